The Hall–Kier alpha value is -1.60. The highest BCUT2D eigenvalue weighted by atomic mass is 15.2. The van der Waals surface area contributed by atoms with E-state index in [4.69, 9.17) is 11.0 Å². The Morgan fingerprint density at radius 2 is 2.18 bits per heavy atom. The first-order valence-electron chi connectivity index (χ1n) is 5.91. The highest BCUT2D eigenvalue weighted by Gasteiger charge is 2.12. The summed E-state index contributed by atoms with van der Waals surface area (Å²) in [6.07, 6.45) is 2.28. The number of anilines is 1. The SMILES string of the molecule is CC(C)N(CCC#N)c1cc([C@H](C)N)ccn1. The van der Waals surface area contributed by atoms with Crippen molar-refractivity contribution in [2.45, 2.75) is 39.3 Å². The van der Waals surface area contributed by atoms with Gasteiger partial charge in [-0.1, -0.05) is 0 Å². The Morgan fingerprint density at radius 1 is 1.47 bits per heavy atom. The Labute approximate surface area is 103 Å². The molecule has 0 saturated heterocycles. The summed E-state index contributed by atoms with van der Waals surface area (Å²) < 4.78 is 0. The number of pyridine rings is 1. The molecule has 2 N–H and O–H groups in total. The Morgan fingerprint density at radius 3 is 2.71 bits per heavy atom. The van der Waals surface area contributed by atoms with Crippen LogP contribution in [0.4, 0.5) is 5.82 Å². The summed E-state index contributed by atoms with van der Waals surface area (Å²) in [6.45, 7) is 6.84. The lowest BCUT2D eigenvalue weighted by Gasteiger charge is -2.27. The molecule has 4 heteroatoms. The van der Waals surface area contributed by atoms with Crippen LogP contribution in [0.3, 0.4) is 0 Å². The van der Waals surface area contributed by atoms with Gasteiger partial charge in [-0.15, -0.1) is 0 Å². The van der Waals surface area contributed by atoms with E-state index < -0.39 is 0 Å². The van der Waals surface area contributed by atoms with Crippen molar-refractivity contribution >= 4 is 5.82 Å². The van der Waals surface area contributed by atoms with Crippen molar-refractivity contribution < 1.29 is 0 Å². The van der Waals surface area contributed by atoms with Gasteiger partial charge < -0.3 is 10.6 Å². The maximum Gasteiger partial charge on any atom is 0.129 e. The van der Waals surface area contributed by atoms with Crippen LogP contribution < -0.4 is 10.6 Å². The van der Waals surface area contributed by atoms with E-state index in [1.807, 2.05) is 19.1 Å². The monoisotopic (exact) mass is 232 g/mol. The number of aromatic nitrogens is 1. The van der Waals surface area contributed by atoms with E-state index in [9.17, 15) is 0 Å². The summed E-state index contributed by atoms with van der Waals surface area (Å²) in [5, 5.41) is 8.67. The van der Waals surface area contributed by atoms with Crippen LogP contribution in [0, 0.1) is 11.3 Å². The van der Waals surface area contributed by atoms with E-state index in [0.29, 0.717) is 19.0 Å². The zero-order valence-electron chi connectivity index (χ0n) is 10.7. The maximum absolute atomic E-state index is 8.67. The zero-order valence-corrected chi connectivity index (χ0v) is 10.7. The largest absolute Gasteiger partial charge is 0.353 e. The van der Waals surface area contributed by atoms with E-state index in [1.54, 1.807) is 6.20 Å². The number of nitriles is 1. The topological polar surface area (TPSA) is 65.9 Å². The predicted octanol–water partition coefficient (Wildman–Crippen LogP) is 2.23. The minimum absolute atomic E-state index is 0.00160. The molecule has 17 heavy (non-hydrogen) atoms. The molecule has 0 aliphatic carbocycles. The molecule has 0 unspecified atom stereocenters. The third-order valence-electron chi connectivity index (χ3n) is 2.68. The minimum Gasteiger partial charge on any atom is -0.353 e. The fourth-order valence-corrected chi connectivity index (χ4v) is 1.68. The number of hydrogen-bond acceptors (Lipinski definition) is 4. The lowest BCUT2D eigenvalue weighted by Crippen LogP contribution is -2.32. The molecule has 0 fully saturated rings. The van der Waals surface area contributed by atoms with Gasteiger partial charge in [-0.3, -0.25) is 0 Å². The smallest absolute Gasteiger partial charge is 0.129 e. The second-order valence-corrected chi connectivity index (χ2v) is 4.43. The molecule has 0 aliphatic heterocycles. The molecule has 1 aromatic heterocycles. The van der Waals surface area contributed by atoms with Gasteiger partial charge in [-0.2, -0.15) is 5.26 Å². The fourth-order valence-electron chi connectivity index (χ4n) is 1.68. The summed E-state index contributed by atoms with van der Waals surface area (Å²) in [7, 11) is 0. The molecule has 0 spiro atoms. The molecule has 1 heterocycles. The molecule has 1 rings (SSSR count). The van der Waals surface area contributed by atoms with Crippen molar-refractivity contribution in [2.24, 2.45) is 5.73 Å². The molecular weight excluding hydrogens is 212 g/mol. The van der Waals surface area contributed by atoms with Gasteiger partial charge in [-0.05, 0) is 38.5 Å². The Bertz CT molecular complexity index is 393. The van der Waals surface area contributed by atoms with Crippen molar-refractivity contribution in [3.05, 3.63) is 23.9 Å². The van der Waals surface area contributed by atoms with Crippen LogP contribution >= 0.6 is 0 Å². The van der Waals surface area contributed by atoms with Crippen molar-refractivity contribution in [1.29, 1.82) is 5.26 Å². The quantitative estimate of drug-likeness (QED) is 0.845. The number of rotatable bonds is 5. The number of nitrogens with two attached hydrogens (primary N) is 1. The third-order valence-corrected chi connectivity index (χ3v) is 2.68. The summed E-state index contributed by atoms with van der Waals surface area (Å²) in [5.74, 6) is 0.894. The van der Waals surface area contributed by atoms with Crippen LogP contribution in [0.2, 0.25) is 0 Å². The van der Waals surface area contributed by atoms with Crippen molar-refractivity contribution in [1.82, 2.24) is 4.98 Å². The zero-order chi connectivity index (χ0) is 12.8. The van der Waals surface area contributed by atoms with E-state index in [1.165, 1.54) is 0 Å². The molecular formula is C13H20N4. The van der Waals surface area contributed by atoms with Gasteiger partial charge in [0, 0.05) is 24.8 Å². The first kappa shape index (κ1) is 13.5. The van der Waals surface area contributed by atoms with Crippen LogP contribution in [0.25, 0.3) is 0 Å². The first-order chi connectivity index (χ1) is 8.06. The molecule has 0 bridgehead atoms. The average Bonchev–Trinajstić information content (AvgIpc) is 2.29. The molecule has 0 saturated carbocycles. The van der Waals surface area contributed by atoms with Crippen molar-refractivity contribution in [3.63, 3.8) is 0 Å². The Kier molecular flexibility index (Phi) is 4.92. The molecule has 0 radical (unpaired) electrons. The molecule has 1 aromatic rings. The average molecular weight is 232 g/mol. The second-order valence-electron chi connectivity index (χ2n) is 4.43. The maximum atomic E-state index is 8.67. The van der Waals surface area contributed by atoms with Crippen LogP contribution in [0.5, 0.6) is 0 Å². The van der Waals surface area contributed by atoms with Crippen molar-refractivity contribution in [3.8, 4) is 6.07 Å². The predicted molar refractivity (Wildman–Crippen MR) is 69.6 cm³/mol. The summed E-state index contributed by atoms with van der Waals surface area (Å²) in [4.78, 5) is 6.48. The van der Waals surface area contributed by atoms with Crippen molar-refractivity contribution in [2.75, 3.05) is 11.4 Å². The fraction of sp³-hybridized carbons (Fsp3) is 0.538. The van der Waals surface area contributed by atoms with Gasteiger partial charge in [-0.25, -0.2) is 4.98 Å². The van der Waals surface area contributed by atoms with Crippen LogP contribution in [0.15, 0.2) is 18.3 Å². The lowest BCUT2D eigenvalue weighted by atomic mass is 10.1. The standard InChI is InChI=1S/C13H20N4/c1-10(2)17(8-4-6-14)13-9-12(11(3)15)5-7-16-13/h5,7,9-11H,4,8,15H2,1-3H3/t11-/m0/s1. The van der Waals surface area contributed by atoms with E-state index in [-0.39, 0.29) is 6.04 Å². The van der Waals surface area contributed by atoms with Crippen LogP contribution in [-0.2, 0) is 0 Å². The highest BCUT2D eigenvalue weighted by molar-refractivity contribution is 5.42. The van der Waals surface area contributed by atoms with E-state index in [2.05, 4.69) is 29.8 Å². The lowest BCUT2D eigenvalue weighted by molar-refractivity contribution is 0.675. The van der Waals surface area contributed by atoms with Gasteiger partial charge in [0.1, 0.15) is 5.82 Å². The molecule has 4 nitrogen and oxygen atoms in total. The minimum atomic E-state index is 0.00160. The molecule has 1 atom stereocenters. The van der Waals surface area contributed by atoms with Gasteiger partial charge in [0.15, 0.2) is 0 Å². The number of nitrogens with zero attached hydrogens (tertiary/aromatic N) is 3. The first-order valence-corrected chi connectivity index (χ1v) is 5.91. The van der Waals surface area contributed by atoms with E-state index >= 15 is 0 Å². The molecule has 0 amide bonds. The second kappa shape index (κ2) is 6.21. The normalized spacial score (nSPS) is 12.2. The van der Waals surface area contributed by atoms with Gasteiger partial charge in [0.2, 0.25) is 0 Å². The van der Waals surface area contributed by atoms with Gasteiger partial charge >= 0.3 is 0 Å². The van der Waals surface area contributed by atoms with Crippen LogP contribution in [0.1, 0.15) is 38.8 Å². The highest BCUT2D eigenvalue weighted by Crippen LogP contribution is 2.18. The van der Waals surface area contributed by atoms with E-state index in [0.717, 1.165) is 11.4 Å². The number of hydrogen-bond donors (Lipinski definition) is 1. The summed E-state index contributed by atoms with van der Waals surface area (Å²) >= 11 is 0. The summed E-state index contributed by atoms with van der Waals surface area (Å²) in [5.41, 5.74) is 6.93. The molecule has 92 valence electrons. The van der Waals surface area contributed by atoms with Gasteiger partial charge in [0.05, 0.1) is 12.5 Å². The van der Waals surface area contributed by atoms with Gasteiger partial charge in [0.25, 0.3) is 0 Å². The third kappa shape index (κ3) is 3.72. The summed E-state index contributed by atoms with van der Waals surface area (Å²) in [6, 6.07) is 6.42. The Balaban J connectivity index is 2.94. The van der Waals surface area contributed by atoms with Crippen LogP contribution in [-0.4, -0.2) is 17.6 Å². The molecule has 0 aromatic carbocycles. The molecule has 0 aliphatic rings.